The van der Waals surface area contributed by atoms with Gasteiger partial charge in [0.15, 0.2) is 0 Å². The Morgan fingerprint density at radius 1 is 1.04 bits per heavy atom. The van der Waals surface area contributed by atoms with E-state index in [1.165, 1.54) is 5.56 Å². The molecule has 1 heterocycles. The second-order valence-electron chi connectivity index (χ2n) is 6.67. The zero-order valence-electron chi connectivity index (χ0n) is 15.2. The van der Waals surface area contributed by atoms with Gasteiger partial charge in [0.05, 0.1) is 16.0 Å². The summed E-state index contributed by atoms with van der Waals surface area (Å²) in [5.41, 5.74) is 10.6. The number of nitrogens with two attached hydrogens (primary N) is 1. The van der Waals surface area contributed by atoms with E-state index < -0.39 is 10.0 Å². The second kappa shape index (κ2) is 7.26. The number of hydrogen-bond acceptors (Lipinski definition) is 5. The number of rotatable bonds is 5. The molecule has 0 aliphatic heterocycles. The van der Waals surface area contributed by atoms with Crippen LogP contribution in [-0.4, -0.2) is 13.4 Å². The van der Waals surface area contributed by atoms with Crippen molar-refractivity contribution in [3.05, 3.63) is 77.9 Å². The number of anilines is 2. The van der Waals surface area contributed by atoms with Crippen LogP contribution in [0.3, 0.4) is 0 Å². The number of nitrogen functional groups attached to an aromatic ring is 1. The van der Waals surface area contributed by atoms with Gasteiger partial charge in [-0.15, -0.1) is 11.3 Å². The predicted molar refractivity (Wildman–Crippen MR) is 117 cm³/mol. The molecule has 0 radical (unpaired) electrons. The van der Waals surface area contributed by atoms with Gasteiger partial charge >= 0.3 is 0 Å². The lowest BCUT2D eigenvalue weighted by Crippen LogP contribution is -2.15. The van der Waals surface area contributed by atoms with Gasteiger partial charge in [-0.2, -0.15) is 0 Å². The summed E-state index contributed by atoms with van der Waals surface area (Å²) in [5, 5.41) is 0.912. The van der Waals surface area contributed by atoms with Crippen molar-refractivity contribution >= 4 is 43.0 Å². The van der Waals surface area contributed by atoms with Crippen LogP contribution in [0.5, 0.6) is 0 Å². The van der Waals surface area contributed by atoms with Gasteiger partial charge in [-0.3, -0.25) is 4.72 Å². The Balaban J connectivity index is 1.52. The van der Waals surface area contributed by atoms with Crippen LogP contribution in [0.4, 0.5) is 11.4 Å². The van der Waals surface area contributed by atoms with E-state index >= 15 is 0 Å². The number of aryl methyl sites for hydroxylation is 1. The van der Waals surface area contributed by atoms with Crippen molar-refractivity contribution in [2.75, 3.05) is 10.5 Å². The number of benzene rings is 3. The lowest BCUT2D eigenvalue weighted by atomic mass is 10.2. The summed E-state index contributed by atoms with van der Waals surface area (Å²) in [6, 6.07) is 20.3. The molecule has 4 aromatic rings. The Kier molecular flexibility index (Phi) is 4.78. The van der Waals surface area contributed by atoms with Crippen LogP contribution in [0, 0.1) is 6.92 Å². The van der Waals surface area contributed by atoms with E-state index in [4.69, 9.17) is 5.73 Å². The first-order chi connectivity index (χ1) is 13.4. The lowest BCUT2D eigenvalue weighted by molar-refractivity contribution is 0.600. The van der Waals surface area contributed by atoms with Crippen molar-refractivity contribution in [1.82, 2.24) is 4.98 Å². The smallest absolute Gasteiger partial charge is 0.236 e. The fraction of sp³-hybridized carbons (Fsp3) is 0.0952. The van der Waals surface area contributed by atoms with E-state index in [9.17, 15) is 8.42 Å². The van der Waals surface area contributed by atoms with Gasteiger partial charge in [-0.1, -0.05) is 18.2 Å². The van der Waals surface area contributed by atoms with E-state index in [1.807, 2.05) is 24.3 Å². The molecule has 3 N–H and O–H groups in total. The number of hydrogen-bond donors (Lipinski definition) is 2. The number of nitrogens with one attached hydrogen (secondary N) is 1. The molecule has 1 aromatic heterocycles. The molecule has 0 fully saturated rings. The highest BCUT2D eigenvalue weighted by Gasteiger charge is 2.13. The molecule has 0 aliphatic rings. The minimum absolute atomic E-state index is 0.128. The topological polar surface area (TPSA) is 85.1 Å². The standard InChI is InChI=1S/C21H19N3O2S2/c1-14-5-10-19-20(11-14)27-21(23-19)16-6-8-18(9-7-16)24-28(25,26)13-15-3-2-4-17(22)12-15/h2-12,24H,13,22H2,1H3. The molecule has 0 bridgehead atoms. The molecule has 142 valence electrons. The fourth-order valence-corrected chi connectivity index (χ4v) is 5.21. The van der Waals surface area contributed by atoms with E-state index in [0.29, 0.717) is 16.9 Å². The van der Waals surface area contributed by atoms with Crippen LogP contribution in [0.2, 0.25) is 0 Å². The molecule has 0 amide bonds. The summed E-state index contributed by atoms with van der Waals surface area (Å²) in [7, 11) is -3.53. The maximum Gasteiger partial charge on any atom is 0.236 e. The molecular weight excluding hydrogens is 390 g/mol. The van der Waals surface area contributed by atoms with Gasteiger partial charge in [0.2, 0.25) is 10.0 Å². The average Bonchev–Trinajstić information content (AvgIpc) is 3.04. The van der Waals surface area contributed by atoms with Crippen molar-refractivity contribution in [3.8, 4) is 10.6 Å². The van der Waals surface area contributed by atoms with Crippen molar-refractivity contribution in [3.63, 3.8) is 0 Å². The van der Waals surface area contributed by atoms with Crippen LogP contribution >= 0.6 is 11.3 Å². The third-order valence-electron chi connectivity index (χ3n) is 4.26. The normalized spacial score (nSPS) is 11.6. The van der Waals surface area contributed by atoms with E-state index in [1.54, 1.807) is 47.7 Å². The summed E-state index contributed by atoms with van der Waals surface area (Å²) in [6.45, 7) is 2.06. The van der Waals surface area contributed by atoms with Crippen molar-refractivity contribution in [1.29, 1.82) is 0 Å². The van der Waals surface area contributed by atoms with Crippen molar-refractivity contribution in [2.24, 2.45) is 0 Å². The summed E-state index contributed by atoms with van der Waals surface area (Å²) in [4.78, 5) is 4.66. The quantitative estimate of drug-likeness (QED) is 0.464. The minimum Gasteiger partial charge on any atom is -0.399 e. The number of thiazole rings is 1. The van der Waals surface area contributed by atoms with Crippen LogP contribution in [0.15, 0.2) is 66.7 Å². The molecule has 0 spiro atoms. The number of fused-ring (bicyclic) bond motifs is 1. The zero-order chi connectivity index (χ0) is 19.7. The first-order valence-corrected chi connectivity index (χ1v) is 11.2. The lowest BCUT2D eigenvalue weighted by Gasteiger charge is -2.09. The van der Waals surface area contributed by atoms with Gasteiger partial charge in [-0.05, 0) is 66.6 Å². The number of nitrogens with zero attached hydrogens (tertiary/aromatic N) is 1. The molecule has 0 unspecified atom stereocenters. The highest BCUT2D eigenvalue weighted by molar-refractivity contribution is 7.91. The van der Waals surface area contributed by atoms with Gasteiger partial charge in [0, 0.05) is 16.9 Å². The molecule has 4 rings (SSSR count). The molecule has 0 saturated heterocycles. The summed E-state index contributed by atoms with van der Waals surface area (Å²) < 4.78 is 28.6. The Labute approximate surface area is 167 Å². The monoisotopic (exact) mass is 409 g/mol. The van der Waals surface area contributed by atoms with Crippen LogP contribution in [0.25, 0.3) is 20.8 Å². The first kappa shape index (κ1) is 18.5. The van der Waals surface area contributed by atoms with Crippen LogP contribution in [-0.2, 0) is 15.8 Å². The molecule has 7 heteroatoms. The van der Waals surface area contributed by atoms with E-state index in [2.05, 4.69) is 22.7 Å². The van der Waals surface area contributed by atoms with Gasteiger partial charge in [-0.25, -0.2) is 13.4 Å². The highest BCUT2D eigenvalue weighted by atomic mass is 32.2. The maximum atomic E-state index is 12.4. The average molecular weight is 410 g/mol. The Morgan fingerprint density at radius 3 is 2.57 bits per heavy atom. The summed E-state index contributed by atoms with van der Waals surface area (Å²) >= 11 is 1.63. The molecule has 5 nitrogen and oxygen atoms in total. The SMILES string of the molecule is Cc1ccc2nc(-c3ccc(NS(=O)(=O)Cc4cccc(N)c4)cc3)sc2c1. The molecule has 0 saturated carbocycles. The highest BCUT2D eigenvalue weighted by Crippen LogP contribution is 2.31. The van der Waals surface area contributed by atoms with Gasteiger partial charge in [0.25, 0.3) is 0 Å². The molecule has 28 heavy (non-hydrogen) atoms. The van der Waals surface area contributed by atoms with Crippen LogP contribution in [0.1, 0.15) is 11.1 Å². The van der Waals surface area contributed by atoms with Gasteiger partial charge < -0.3 is 5.73 Å². The Bertz CT molecular complexity index is 1250. The third-order valence-corrected chi connectivity index (χ3v) is 6.58. The zero-order valence-corrected chi connectivity index (χ0v) is 16.8. The molecular formula is C21H19N3O2S2. The summed E-state index contributed by atoms with van der Waals surface area (Å²) in [5.74, 6) is -0.128. The number of aromatic nitrogens is 1. The van der Waals surface area contributed by atoms with Crippen LogP contribution < -0.4 is 10.5 Å². The Morgan fingerprint density at radius 2 is 1.82 bits per heavy atom. The third kappa shape index (κ3) is 4.16. The molecule has 0 aliphatic carbocycles. The predicted octanol–water partition coefficient (Wildman–Crippen LogP) is 4.80. The van der Waals surface area contributed by atoms with E-state index in [0.717, 1.165) is 20.8 Å². The molecule has 3 aromatic carbocycles. The largest absolute Gasteiger partial charge is 0.399 e. The first-order valence-electron chi connectivity index (χ1n) is 8.70. The van der Waals surface area contributed by atoms with Crippen molar-refractivity contribution < 1.29 is 8.42 Å². The van der Waals surface area contributed by atoms with Crippen molar-refractivity contribution in [2.45, 2.75) is 12.7 Å². The Hall–Kier alpha value is -2.90. The molecule has 0 atom stereocenters. The fourth-order valence-electron chi connectivity index (χ4n) is 2.95. The number of sulfonamides is 1. The van der Waals surface area contributed by atoms with Gasteiger partial charge in [0.1, 0.15) is 5.01 Å². The summed E-state index contributed by atoms with van der Waals surface area (Å²) in [6.07, 6.45) is 0. The maximum absolute atomic E-state index is 12.4. The minimum atomic E-state index is -3.53. The van der Waals surface area contributed by atoms with E-state index in [-0.39, 0.29) is 5.75 Å². The second-order valence-corrected chi connectivity index (χ2v) is 9.43.